The summed E-state index contributed by atoms with van der Waals surface area (Å²) in [5.41, 5.74) is 0. The molecular formula is C7H10O5. The van der Waals surface area contributed by atoms with Crippen molar-refractivity contribution < 1.29 is 24.6 Å². The van der Waals surface area contributed by atoms with Crippen LogP contribution in [0.1, 0.15) is 19.8 Å². The third-order valence-corrected chi connectivity index (χ3v) is 1.40. The molecule has 0 aromatic heterocycles. The van der Waals surface area contributed by atoms with Gasteiger partial charge >= 0.3 is 11.9 Å². The Morgan fingerprint density at radius 2 is 1.75 bits per heavy atom. The zero-order valence-electron chi connectivity index (χ0n) is 6.61. The van der Waals surface area contributed by atoms with Crippen LogP contribution in [0.3, 0.4) is 0 Å². The first-order valence-corrected chi connectivity index (χ1v) is 3.50. The quantitative estimate of drug-likeness (QED) is 0.457. The van der Waals surface area contributed by atoms with Crippen LogP contribution < -0.4 is 0 Å². The molecule has 5 heteroatoms. The summed E-state index contributed by atoms with van der Waals surface area (Å²) in [5, 5.41) is 16.7. The molecule has 1 atom stereocenters. The molecule has 12 heavy (non-hydrogen) atoms. The van der Waals surface area contributed by atoms with E-state index in [4.69, 9.17) is 10.2 Å². The number of rotatable bonds is 5. The van der Waals surface area contributed by atoms with Gasteiger partial charge in [0.15, 0.2) is 0 Å². The largest absolute Gasteiger partial charge is 0.481 e. The van der Waals surface area contributed by atoms with Gasteiger partial charge < -0.3 is 10.2 Å². The Bertz CT molecular complexity index is 208. The Morgan fingerprint density at radius 3 is 2.00 bits per heavy atom. The van der Waals surface area contributed by atoms with Gasteiger partial charge in [0, 0.05) is 0 Å². The highest BCUT2D eigenvalue weighted by Crippen LogP contribution is 2.07. The van der Waals surface area contributed by atoms with Crippen LogP contribution in [0.2, 0.25) is 0 Å². The topological polar surface area (TPSA) is 91.7 Å². The van der Waals surface area contributed by atoms with Crippen molar-refractivity contribution in [3.05, 3.63) is 0 Å². The van der Waals surface area contributed by atoms with E-state index in [-0.39, 0.29) is 6.42 Å². The average Bonchev–Trinajstić information content (AvgIpc) is 1.98. The molecule has 0 fully saturated rings. The van der Waals surface area contributed by atoms with Gasteiger partial charge in [0.05, 0.1) is 0 Å². The van der Waals surface area contributed by atoms with Gasteiger partial charge in [-0.25, -0.2) is 4.79 Å². The zero-order chi connectivity index (χ0) is 9.72. The maximum Gasteiger partial charge on any atom is 0.373 e. The zero-order valence-corrected chi connectivity index (χ0v) is 6.61. The average molecular weight is 174 g/mol. The van der Waals surface area contributed by atoms with Crippen molar-refractivity contribution in [2.45, 2.75) is 19.8 Å². The number of carbonyl (C=O) groups excluding carboxylic acids is 1. The van der Waals surface area contributed by atoms with E-state index in [0.29, 0.717) is 6.42 Å². The third kappa shape index (κ3) is 2.69. The maximum atomic E-state index is 10.7. The molecule has 68 valence electrons. The Labute approximate surface area is 69.0 Å². The molecule has 0 bridgehead atoms. The van der Waals surface area contributed by atoms with Crippen molar-refractivity contribution in [1.29, 1.82) is 0 Å². The molecule has 0 aliphatic carbocycles. The highest BCUT2D eigenvalue weighted by atomic mass is 16.4. The fourth-order valence-electron chi connectivity index (χ4n) is 0.804. The Balaban J connectivity index is 4.40. The van der Waals surface area contributed by atoms with Crippen molar-refractivity contribution >= 4 is 17.7 Å². The van der Waals surface area contributed by atoms with Crippen LogP contribution in [0.15, 0.2) is 0 Å². The number of carbonyl (C=O) groups is 3. The summed E-state index contributed by atoms with van der Waals surface area (Å²) in [6.07, 6.45) is 0.538. The second-order valence-electron chi connectivity index (χ2n) is 2.35. The molecular weight excluding hydrogens is 164 g/mol. The van der Waals surface area contributed by atoms with Gasteiger partial charge in [0.25, 0.3) is 5.78 Å². The van der Waals surface area contributed by atoms with Crippen LogP contribution >= 0.6 is 0 Å². The lowest BCUT2D eigenvalue weighted by Crippen LogP contribution is -2.29. The van der Waals surface area contributed by atoms with Crippen molar-refractivity contribution in [3.8, 4) is 0 Å². The number of carboxylic acid groups (broad SMARTS) is 2. The number of aliphatic carboxylic acids is 2. The lowest BCUT2D eigenvalue weighted by atomic mass is 9.99. The van der Waals surface area contributed by atoms with Crippen molar-refractivity contribution in [2.75, 3.05) is 0 Å². The van der Waals surface area contributed by atoms with Crippen LogP contribution in [0.5, 0.6) is 0 Å². The molecule has 0 amide bonds. The molecule has 0 heterocycles. The highest BCUT2D eigenvalue weighted by Gasteiger charge is 2.30. The van der Waals surface area contributed by atoms with Crippen molar-refractivity contribution in [3.63, 3.8) is 0 Å². The summed E-state index contributed by atoms with van der Waals surface area (Å²) >= 11 is 0. The summed E-state index contributed by atoms with van der Waals surface area (Å²) in [5.74, 6) is -5.70. The van der Waals surface area contributed by atoms with E-state index in [1.807, 2.05) is 0 Å². The molecule has 2 N–H and O–H groups in total. The minimum atomic E-state index is -1.68. The predicted molar refractivity (Wildman–Crippen MR) is 38.7 cm³/mol. The molecule has 0 rings (SSSR count). The SMILES string of the molecule is CCC[C@@H](C(=O)O)C(=O)C(=O)O. The fourth-order valence-corrected chi connectivity index (χ4v) is 0.804. The molecule has 0 saturated carbocycles. The molecule has 0 aromatic carbocycles. The first-order valence-electron chi connectivity index (χ1n) is 3.50. The Hall–Kier alpha value is -1.39. The first kappa shape index (κ1) is 10.6. The monoisotopic (exact) mass is 174 g/mol. The lowest BCUT2D eigenvalue weighted by molar-refractivity contribution is -0.157. The number of ketones is 1. The van der Waals surface area contributed by atoms with E-state index in [1.165, 1.54) is 0 Å². The normalized spacial score (nSPS) is 12.1. The molecule has 0 saturated heterocycles. The van der Waals surface area contributed by atoms with Gasteiger partial charge in [-0.2, -0.15) is 0 Å². The fraction of sp³-hybridized carbons (Fsp3) is 0.571. The summed E-state index contributed by atoms with van der Waals surface area (Å²) in [6, 6.07) is 0. The molecule has 0 aromatic rings. The third-order valence-electron chi connectivity index (χ3n) is 1.40. The minimum Gasteiger partial charge on any atom is -0.481 e. The highest BCUT2D eigenvalue weighted by molar-refractivity contribution is 6.36. The van der Waals surface area contributed by atoms with Gasteiger partial charge in [0.1, 0.15) is 5.92 Å². The molecule has 0 unspecified atom stereocenters. The van der Waals surface area contributed by atoms with Gasteiger partial charge in [-0.15, -0.1) is 0 Å². The second kappa shape index (κ2) is 4.48. The second-order valence-corrected chi connectivity index (χ2v) is 2.35. The number of Topliss-reactive ketones (excluding diaryl/α,β-unsaturated/α-hetero) is 1. The van der Waals surface area contributed by atoms with Crippen LogP contribution in [-0.2, 0) is 14.4 Å². The van der Waals surface area contributed by atoms with Crippen molar-refractivity contribution in [2.24, 2.45) is 5.92 Å². The first-order chi connectivity index (χ1) is 5.50. The van der Waals surface area contributed by atoms with E-state index >= 15 is 0 Å². The summed E-state index contributed by atoms with van der Waals surface area (Å²) in [6.45, 7) is 1.69. The van der Waals surface area contributed by atoms with E-state index in [0.717, 1.165) is 0 Å². The summed E-state index contributed by atoms with van der Waals surface area (Å²) in [4.78, 5) is 31.2. The number of hydrogen-bond donors (Lipinski definition) is 2. The van der Waals surface area contributed by atoms with Crippen molar-refractivity contribution in [1.82, 2.24) is 0 Å². The van der Waals surface area contributed by atoms with Gasteiger partial charge in [-0.05, 0) is 6.42 Å². The van der Waals surface area contributed by atoms with E-state index < -0.39 is 23.6 Å². The van der Waals surface area contributed by atoms with E-state index in [1.54, 1.807) is 6.92 Å². The number of hydrogen-bond acceptors (Lipinski definition) is 3. The Kier molecular flexibility index (Phi) is 3.96. The van der Waals surface area contributed by atoms with Crippen LogP contribution in [-0.4, -0.2) is 27.9 Å². The predicted octanol–water partition coefficient (Wildman–Crippen LogP) is 0.141. The van der Waals surface area contributed by atoms with Gasteiger partial charge in [-0.1, -0.05) is 13.3 Å². The van der Waals surface area contributed by atoms with Crippen LogP contribution in [0.4, 0.5) is 0 Å². The maximum absolute atomic E-state index is 10.7. The summed E-state index contributed by atoms with van der Waals surface area (Å²) < 4.78 is 0. The Morgan fingerprint density at radius 1 is 1.25 bits per heavy atom. The van der Waals surface area contributed by atoms with Gasteiger partial charge in [0.2, 0.25) is 0 Å². The number of carboxylic acids is 2. The molecule has 0 aliphatic rings. The van der Waals surface area contributed by atoms with Gasteiger partial charge in [-0.3, -0.25) is 9.59 Å². The molecule has 0 aliphatic heterocycles. The lowest BCUT2D eigenvalue weighted by Gasteiger charge is -2.05. The van der Waals surface area contributed by atoms with E-state index in [9.17, 15) is 14.4 Å². The van der Waals surface area contributed by atoms with E-state index in [2.05, 4.69) is 0 Å². The van der Waals surface area contributed by atoms with Crippen LogP contribution in [0, 0.1) is 5.92 Å². The minimum absolute atomic E-state index is 0.0699. The molecule has 0 radical (unpaired) electrons. The molecule has 5 nitrogen and oxygen atoms in total. The molecule has 0 spiro atoms. The van der Waals surface area contributed by atoms with Crippen LogP contribution in [0.25, 0.3) is 0 Å². The summed E-state index contributed by atoms with van der Waals surface area (Å²) in [7, 11) is 0. The standard InChI is InChI=1S/C7H10O5/c1-2-3-4(6(9)10)5(8)7(11)12/h4H,2-3H2,1H3,(H,9,10)(H,11,12)/t4-/m1/s1. The smallest absolute Gasteiger partial charge is 0.373 e.